The largest absolute Gasteiger partial charge is 0.478 e. The number of carboxylic acids is 1. The molecule has 3 aromatic carbocycles. The molecule has 0 radical (unpaired) electrons. The van der Waals surface area contributed by atoms with Crippen molar-refractivity contribution in [1.82, 2.24) is 9.80 Å². The van der Waals surface area contributed by atoms with E-state index in [9.17, 15) is 23.9 Å². The zero-order chi connectivity index (χ0) is 33.5. The number of oxime groups is 1. The number of carbonyl (C=O) groups is 3. The SMILES string of the molecule is Cc1cc(NC(=O)[C@@H]2c3cccc(N4CCN(C5COC5)CC4)c3CCN2C(=O)[C@H]2CC(c3cccc(Cl)c3F)=NO2)ccc1C(=O)O. The average Bonchev–Trinajstić information content (AvgIpc) is 3.54. The summed E-state index contributed by atoms with van der Waals surface area (Å²) in [5.41, 5.74) is 4.21. The normalized spacial score (nSPS) is 21.2. The predicted molar refractivity (Wildman–Crippen MR) is 177 cm³/mol. The van der Waals surface area contributed by atoms with Crippen LogP contribution in [0.15, 0.2) is 59.8 Å². The summed E-state index contributed by atoms with van der Waals surface area (Å²) >= 11 is 5.98. The van der Waals surface area contributed by atoms with Gasteiger partial charge in [-0.15, -0.1) is 0 Å². The number of anilines is 2. The predicted octanol–water partition coefficient (Wildman–Crippen LogP) is 4.26. The van der Waals surface area contributed by atoms with E-state index in [-0.39, 0.29) is 34.8 Å². The Morgan fingerprint density at radius 1 is 1.02 bits per heavy atom. The maximum absolute atomic E-state index is 14.8. The molecule has 250 valence electrons. The quantitative estimate of drug-likeness (QED) is 0.381. The van der Waals surface area contributed by atoms with Gasteiger partial charge in [-0.05, 0) is 66.4 Å². The molecule has 0 aliphatic carbocycles. The number of rotatable bonds is 7. The van der Waals surface area contributed by atoms with Crippen molar-refractivity contribution in [3.05, 3.63) is 93.3 Å². The molecular formula is C35H35ClFN5O6. The van der Waals surface area contributed by atoms with Crippen LogP contribution in [0.4, 0.5) is 15.8 Å². The first-order chi connectivity index (χ1) is 23.2. The summed E-state index contributed by atoms with van der Waals surface area (Å²) in [4.78, 5) is 51.8. The van der Waals surface area contributed by atoms with Gasteiger partial charge in [0.2, 0.25) is 6.10 Å². The highest BCUT2D eigenvalue weighted by molar-refractivity contribution is 6.31. The number of hydrogen-bond donors (Lipinski definition) is 2. The highest BCUT2D eigenvalue weighted by Crippen LogP contribution is 2.38. The monoisotopic (exact) mass is 675 g/mol. The number of halogens is 2. The molecule has 0 saturated carbocycles. The second kappa shape index (κ2) is 13.2. The number of benzene rings is 3. The first-order valence-corrected chi connectivity index (χ1v) is 16.4. The molecule has 4 heterocycles. The maximum Gasteiger partial charge on any atom is 0.335 e. The van der Waals surface area contributed by atoms with Crippen molar-refractivity contribution in [3.8, 4) is 0 Å². The fourth-order valence-corrected chi connectivity index (χ4v) is 7.18. The fourth-order valence-electron chi connectivity index (χ4n) is 7.00. The molecule has 0 unspecified atom stereocenters. The van der Waals surface area contributed by atoms with Crippen LogP contribution in [0.5, 0.6) is 0 Å². The lowest BCUT2D eigenvalue weighted by Crippen LogP contribution is -2.57. The lowest BCUT2D eigenvalue weighted by molar-refractivity contribution is -0.148. The molecule has 0 aromatic heterocycles. The number of carboxylic acid groups (broad SMARTS) is 1. The van der Waals surface area contributed by atoms with Crippen molar-refractivity contribution < 1.29 is 33.5 Å². The van der Waals surface area contributed by atoms with E-state index in [2.05, 4.69) is 26.3 Å². The van der Waals surface area contributed by atoms with E-state index in [1.807, 2.05) is 12.1 Å². The van der Waals surface area contributed by atoms with Gasteiger partial charge in [-0.2, -0.15) is 0 Å². The number of hydrogen-bond acceptors (Lipinski definition) is 8. The second-order valence-electron chi connectivity index (χ2n) is 12.5. The van der Waals surface area contributed by atoms with Gasteiger partial charge in [0, 0.05) is 56.1 Å². The molecule has 0 bridgehead atoms. The van der Waals surface area contributed by atoms with Crippen molar-refractivity contribution in [2.24, 2.45) is 5.16 Å². The van der Waals surface area contributed by atoms with Crippen molar-refractivity contribution >= 4 is 46.5 Å². The summed E-state index contributed by atoms with van der Waals surface area (Å²) in [6.45, 7) is 6.93. The van der Waals surface area contributed by atoms with E-state index < -0.39 is 35.7 Å². The first kappa shape index (κ1) is 32.0. The zero-order valence-electron chi connectivity index (χ0n) is 26.3. The fraction of sp³-hybridized carbons (Fsp3) is 0.371. The van der Waals surface area contributed by atoms with E-state index in [4.69, 9.17) is 21.2 Å². The molecule has 2 N–H and O–H groups in total. The van der Waals surface area contributed by atoms with Crippen LogP contribution in [0.2, 0.25) is 5.02 Å². The smallest absolute Gasteiger partial charge is 0.335 e. The molecule has 48 heavy (non-hydrogen) atoms. The van der Waals surface area contributed by atoms with Crippen molar-refractivity contribution in [2.45, 2.75) is 38.0 Å². The molecule has 4 aliphatic heterocycles. The van der Waals surface area contributed by atoms with Gasteiger partial charge in [-0.3, -0.25) is 14.5 Å². The molecule has 7 rings (SSSR count). The molecule has 2 saturated heterocycles. The van der Waals surface area contributed by atoms with Gasteiger partial charge >= 0.3 is 5.97 Å². The van der Waals surface area contributed by atoms with Crippen LogP contribution in [-0.2, 0) is 25.6 Å². The van der Waals surface area contributed by atoms with E-state index >= 15 is 0 Å². The minimum atomic E-state index is -1.06. The van der Waals surface area contributed by atoms with Crippen LogP contribution >= 0.6 is 11.6 Å². The molecule has 13 heteroatoms. The molecule has 4 aliphatic rings. The number of piperazine rings is 1. The lowest BCUT2D eigenvalue weighted by Gasteiger charge is -2.44. The van der Waals surface area contributed by atoms with Crippen LogP contribution in [0.3, 0.4) is 0 Å². The van der Waals surface area contributed by atoms with Crippen LogP contribution in [0.25, 0.3) is 0 Å². The standard InChI is InChI=1S/C35H35ClFN5O6/c1-20-16-21(8-9-23(20)35(45)46)38-33(43)32-25-4-3-7-29(41-14-12-40(13-15-41)22-18-47-19-22)24(25)10-11-42(32)34(44)30-17-28(39-48-30)26-5-2-6-27(36)31(26)37/h2-9,16,22,30,32H,10-15,17-19H2,1H3,(H,38,43)(H,45,46)/t30-,32+/m1/s1. The van der Waals surface area contributed by atoms with Crippen LogP contribution < -0.4 is 10.2 Å². The van der Waals surface area contributed by atoms with E-state index in [1.54, 1.807) is 19.1 Å². The summed E-state index contributed by atoms with van der Waals surface area (Å²) in [6, 6.07) is 14.5. The number of fused-ring (bicyclic) bond motifs is 1. The van der Waals surface area contributed by atoms with Gasteiger partial charge in [-0.1, -0.05) is 35.0 Å². The lowest BCUT2D eigenvalue weighted by atomic mass is 9.89. The maximum atomic E-state index is 14.8. The molecule has 3 aromatic rings. The van der Waals surface area contributed by atoms with Gasteiger partial charge in [0.15, 0.2) is 5.82 Å². The second-order valence-corrected chi connectivity index (χ2v) is 12.9. The van der Waals surface area contributed by atoms with E-state index in [1.165, 1.54) is 29.2 Å². The van der Waals surface area contributed by atoms with Crippen LogP contribution in [0, 0.1) is 12.7 Å². The van der Waals surface area contributed by atoms with Gasteiger partial charge in [-0.25, -0.2) is 9.18 Å². The summed E-state index contributed by atoms with van der Waals surface area (Å²) in [5.74, 6) is -2.59. The zero-order valence-corrected chi connectivity index (χ0v) is 27.1. The minimum absolute atomic E-state index is 0.0139. The van der Waals surface area contributed by atoms with Crippen LogP contribution in [0.1, 0.15) is 45.1 Å². The highest BCUT2D eigenvalue weighted by Gasteiger charge is 2.43. The third-order valence-corrected chi connectivity index (χ3v) is 9.94. The Hall–Kier alpha value is -4.52. The third kappa shape index (κ3) is 5.99. The Morgan fingerprint density at radius 3 is 2.50 bits per heavy atom. The number of nitrogens with one attached hydrogen (secondary N) is 1. The number of nitrogens with zero attached hydrogens (tertiary/aromatic N) is 4. The number of amides is 2. The first-order valence-electron chi connectivity index (χ1n) is 16.0. The van der Waals surface area contributed by atoms with Gasteiger partial charge in [0.25, 0.3) is 11.8 Å². The van der Waals surface area contributed by atoms with E-state index in [0.29, 0.717) is 29.3 Å². The van der Waals surface area contributed by atoms with Gasteiger partial charge in [0.05, 0.1) is 35.6 Å². The van der Waals surface area contributed by atoms with Crippen molar-refractivity contribution in [3.63, 3.8) is 0 Å². The highest BCUT2D eigenvalue weighted by atomic mass is 35.5. The molecule has 0 spiro atoms. The van der Waals surface area contributed by atoms with Crippen molar-refractivity contribution in [2.75, 3.05) is 56.2 Å². The summed E-state index contributed by atoms with van der Waals surface area (Å²) in [6.07, 6.45) is -0.521. The third-order valence-electron chi connectivity index (χ3n) is 9.65. The number of aryl methyl sites for hydroxylation is 1. The Balaban J connectivity index is 1.17. The number of carbonyl (C=O) groups excluding carboxylic acids is 2. The van der Waals surface area contributed by atoms with Gasteiger partial charge in [0.1, 0.15) is 6.04 Å². The average molecular weight is 676 g/mol. The molecule has 2 fully saturated rings. The topological polar surface area (TPSA) is 124 Å². The number of ether oxygens (including phenoxy) is 1. The Bertz CT molecular complexity index is 1810. The summed E-state index contributed by atoms with van der Waals surface area (Å²) < 4.78 is 20.2. The molecular weight excluding hydrogens is 641 g/mol. The summed E-state index contributed by atoms with van der Waals surface area (Å²) in [7, 11) is 0. The van der Waals surface area contributed by atoms with Crippen LogP contribution in [-0.4, -0.2) is 96.5 Å². The Morgan fingerprint density at radius 2 is 1.79 bits per heavy atom. The Labute approximate surface area is 281 Å². The molecule has 2 amide bonds. The van der Waals surface area contributed by atoms with E-state index in [0.717, 1.165) is 50.6 Å². The Kier molecular flexibility index (Phi) is 8.80. The minimum Gasteiger partial charge on any atom is -0.478 e. The molecule has 2 atom stereocenters. The summed E-state index contributed by atoms with van der Waals surface area (Å²) in [5, 5.41) is 16.4. The number of aromatic carboxylic acids is 1. The van der Waals surface area contributed by atoms with Crippen molar-refractivity contribution in [1.29, 1.82) is 0 Å². The molecule has 11 nitrogen and oxygen atoms in total. The van der Waals surface area contributed by atoms with Gasteiger partial charge < -0.3 is 29.8 Å².